The molecule has 2 unspecified atom stereocenters. The van der Waals surface area contributed by atoms with Gasteiger partial charge in [-0.1, -0.05) is 90.9 Å². The van der Waals surface area contributed by atoms with E-state index < -0.39 is 0 Å². The molecule has 0 heterocycles. The zero-order valence-electron chi connectivity index (χ0n) is 15.8. The molecular weight excluding hydrogens is 360 g/mol. The highest BCUT2D eigenvalue weighted by Crippen LogP contribution is 2.28. The molecule has 0 saturated heterocycles. The minimum Gasteiger partial charge on any atom is -0.373 e. The van der Waals surface area contributed by atoms with Crippen LogP contribution in [0, 0.1) is 0 Å². The molecule has 0 N–H and O–H groups in total. The molecule has 2 atom stereocenters. The molecule has 1 amide bonds. The third-order valence-corrected chi connectivity index (χ3v) is 6.17. The Morgan fingerprint density at radius 2 is 1.35 bits per heavy atom. The topological polar surface area (TPSA) is 23.6 Å². The molecule has 2 rings (SSSR count). The SMILES string of the molecule is C=C(SC1C=CC=C(C2=CC=CC(SC(=O)N(C)C)C=C2)C=C1)N(C)C. The minimum atomic E-state index is 0.0521. The van der Waals surface area contributed by atoms with Crippen LogP contribution in [0.15, 0.2) is 83.5 Å². The maximum Gasteiger partial charge on any atom is 0.282 e. The molecule has 2 aliphatic carbocycles. The molecule has 0 fully saturated rings. The van der Waals surface area contributed by atoms with Crippen LogP contribution in [0.3, 0.4) is 0 Å². The maximum absolute atomic E-state index is 11.9. The molecule has 0 aromatic heterocycles. The number of carbonyl (C=O) groups excluding carboxylic acids is 1. The summed E-state index contributed by atoms with van der Waals surface area (Å²) >= 11 is 3.05. The van der Waals surface area contributed by atoms with Gasteiger partial charge in [-0.2, -0.15) is 0 Å². The van der Waals surface area contributed by atoms with Crippen molar-refractivity contribution in [2.75, 3.05) is 28.2 Å². The van der Waals surface area contributed by atoms with Crippen LogP contribution in [0.5, 0.6) is 0 Å². The molecular formula is C21H26N2OS2. The first-order valence-corrected chi connectivity index (χ1v) is 10.2. The average Bonchev–Trinajstić information content (AvgIpc) is 2.95. The number of hydrogen-bond donors (Lipinski definition) is 0. The van der Waals surface area contributed by atoms with E-state index in [0.717, 1.165) is 16.2 Å². The highest BCUT2D eigenvalue weighted by Gasteiger charge is 2.13. The second kappa shape index (κ2) is 9.74. The summed E-state index contributed by atoms with van der Waals surface area (Å²) in [4.78, 5) is 15.5. The Hall–Kier alpha value is -1.85. The van der Waals surface area contributed by atoms with Gasteiger partial charge in [-0.25, -0.2) is 0 Å². The number of carbonyl (C=O) groups is 1. The van der Waals surface area contributed by atoms with E-state index in [1.165, 1.54) is 11.8 Å². The summed E-state index contributed by atoms with van der Waals surface area (Å²) < 4.78 is 0. The Bertz CT molecular complexity index is 662. The summed E-state index contributed by atoms with van der Waals surface area (Å²) in [7, 11) is 7.56. The Balaban J connectivity index is 2.03. The lowest BCUT2D eigenvalue weighted by molar-refractivity contribution is 0.241. The van der Waals surface area contributed by atoms with Gasteiger partial charge in [0.25, 0.3) is 5.24 Å². The summed E-state index contributed by atoms with van der Waals surface area (Å²) in [5, 5.41) is 1.42. The number of hydrogen-bond acceptors (Lipinski definition) is 4. The third-order valence-electron chi connectivity index (χ3n) is 3.79. The average molecular weight is 387 g/mol. The van der Waals surface area contributed by atoms with Crippen LogP contribution in [-0.4, -0.2) is 53.7 Å². The summed E-state index contributed by atoms with van der Waals surface area (Å²) in [6.07, 6.45) is 21.1. The van der Waals surface area contributed by atoms with Crippen molar-refractivity contribution in [3.05, 3.63) is 83.5 Å². The fourth-order valence-electron chi connectivity index (χ4n) is 2.20. The molecule has 0 bridgehead atoms. The van der Waals surface area contributed by atoms with E-state index in [2.05, 4.69) is 55.2 Å². The third kappa shape index (κ3) is 6.15. The van der Waals surface area contributed by atoms with Crippen molar-refractivity contribution >= 4 is 28.8 Å². The van der Waals surface area contributed by atoms with Crippen LogP contribution in [0.2, 0.25) is 0 Å². The molecule has 0 spiro atoms. The number of allylic oxidation sites excluding steroid dienone is 8. The quantitative estimate of drug-likeness (QED) is 0.663. The fourth-order valence-corrected chi connectivity index (χ4v) is 3.82. The van der Waals surface area contributed by atoms with Crippen molar-refractivity contribution < 1.29 is 4.79 Å². The largest absolute Gasteiger partial charge is 0.373 e. The van der Waals surface area contributed by atoms with Crippen molar-refractivity contribution in [1.29, 1.82) is 0 Å². The van der Waals surface area contributed by atoms with Crippen LogP contribution in [0.4, 0.5) is 4.79 Å². The lowest BCUT2D eigenvalue weighted by atomic mass is 10.0. The molecule has 26 heavy (non-hydrogen) atoms. The predicted octanol–water partition coefficient (Wildman–Crippen LogP) is 5.01. The normalized spacial score (nSPS) is 21.5. The van der Waals surface area contributed by atoms with Gasteiger partial charge < -0.3 is 9.80 Å². The minimum absolute atomic E-state index is 0.0521. The van der Waals surface area contributed by atoms with Gasteiger partial charge in [0.2, 0.25) is 0 Å². The lowest BCUT2D eigenvalue weighted by Gasteiger charge is -2.17. The lowest BCUT2D eigenvalue weighted by Crippen LogP contribution is -2.18. The first kappa shape index (κ1) is 20.5. The van der Waals surface area contributed by atoms with Gasteiger partial charge in [0.15, 0.2) is 0 Å². The van der Waals surface area contributed by atoms with E-state index in [0.29, 0.717) is 0 Å². The highest BCUT2D eigenvalue weighted by atomic mass is 32.2. The van der Waals surface area contributed by atoms with Crippen molar-refractivity contribution in [1.82, 2.24) is 9.80 Å². The number of amides is 1. The molecule has 0 radical (unpaired) electrons. The van der Waals surface area contributed by atoms with E-state index in [1.54, 1.807) is 30.8 Å². The number of thioether (sulfide) groups is 2. The van der Waals surface area contributed by atoms with Crippen LogP contribution >= 0.6 is 23.5 Å². The second-order valence-corrected chi connectivity index (χ2v) is 8.73. The molecule has 0 saturated carbocycles. The van der Waals surface area contributed by atoms with E-state index >= 15 is 0 Å². The van der Waals surface area contributed by atoms with E-state index in [9.17, 15) is 4.79 Å². The van der Waals surface area contributed by atoms with Crippen LogP contribution in [0.1, 0.15) is 0 Å². The Morgan fingerprint density at radius 3 is 1.81 bits per heavy atom. The van der Waals surface area contributed by atoms with Crippen molar-refractivity contribution in [2.45, 2.75) is 10.5 Å². The first-order chi connectivity index (χ1) is 12.4. The number of rotatable bonds is 5. The molecule has 138 valence electrons. The Morgan fingerprint density at radius 1 is 0.846 bits per heavy atom. The smallest absolute Gasteiger partial charge is 0.282 e. The van der Waals surface area contributed by atoms with Gasteiger partial charge in [0.1, 0.15) is 0 Å². The molecule has 3 nitrogen and oxygen atoms in total. The molecule has 0 aliphatic heterocycles. The zero-order valence-corrected chi connectivity index (χ0v) is 17.4. The Kier molecular flexibility index (Phi) is 7.66. The van der Waals surface area contributed by atoms with Gasteiger partial charge in [-0.15, -0.1) is 0 Å². The molecule has 5 heteroatoms. The predicted molar refractivity (Wildman–Crippen MR) is 117 cm³/mol. The van der Waals surface area contributed by atoms with Crippen LogP contribution in [-0.2, 0) is 0 Å². The molecule has 0 aromatic carbocycles. The Labute approximate surface area is 165 Å². The summed E-state index contributed by atoms with van der Waals surface area (Å²) in [5.74, 6) is 0. The van der Waals surface area contributed by atoms with Crippen LogP contribution in [0.25, 0.3) is 0 Å². The first-order valence-electron chi connectivity index (χ1n) is 8.41. The van der Waals surface area contributed by atoms with Gasteiger partial charge in [0.05, 0.1) is 10.3 Å². The summed E-state index contributed by atoms with van der Waals surface area (Å²) in [6, 6.07) is 0. The second-order valence-electron chi connectivity index (χ2n) is 6.35. The molecule has 0 aromatic rings. The monoisotopic (exact) mass is 386 g/mol. The van der Waals surface area contributed by atoms with Crippen LogP contribution < -0.4 is 0 Å². The van der Waals surface area contributed by atoms with Gasteiger partial charge >= 0.3 is 0 Å². The molecule has 2 aliphatic rings. The standard InChI is InChI=1S/C21H26N2OS2/c1-16(22(2)3)25-19-10-6-8-17(12-14-19)18-9-7-11-20(15-13-18)26-21(24)23(4)5/h6-15,19-20H,1H2,2-5H3. The maximum atomic E-state index is 11.9. The summed E-state index contributed by atoms with van der Waals surface area (Å²) in [5.41, 5.74) is 2.30. The van der Waals surface area contributed by atoms with E-state index in [1.807, 2.05) is 31.1 Å². The van der Waals surface area contributed by atoms with E-state index in [-0.39, 0.29) is 15.7 Å². The number of nitrogens with zero attached hydrogens (tertiary/aromatic N) is 2. The van der Waals surface area contributed by atoms with Gasteiger partial charge in [0, 0.05) is 33.4 Å². The van der Waals surface area contributed by atoms with Gasteiger partial charge in [-0.05, 0) is 11.1 Å². The fraction of sp³-hybridized carbons (Fsp3) is 0.286. The van der Waals surface area contributed by atoms with Crippen molar-refractivity contribution in [2.24, 2.45) is 0 Å². The summed E-state index contributed by atoms with van der Waals surface area (Å²) in [6.45, 7) is 4.08. The van der Waals surface area contributed by atoms with Gasteiger partial charge in [-0.3, -0.25) is 4.79 Å². The van der Waals surface area contributed by atoms with Crippen molar-refractivity contribution in [3.8, 4) is 0 Å². The van der Waals surface area contributed by atoms with E-state index in [4.69, 9.17) is 0 Å². The van der Waals surface area contributed by atoms with Crippen molar-refractivity contribution in [3.63, 3.8) is 0 Å². The highest BCUT2D eigenvalue weighted by molar-refractivity contribution is 8.14. The zero-order chi connectivity index (χ0) is 19.1.